The van der Waals surface area contributed by atoms with Gasteiger partial charge in [0.25, 0.3) is 5.91 Å². The highest BCUT2D eigenvalue weighted by molar-refractivity contribution is 5.96. The number of carbonyl (C=O) groups is 1. The van der Waals surface area contributed by atoms with Crippen molar-refractivity contribution in [2.45, 2.75) is 18.4 Å². The van der Waals surface area contributed by atoms with Gasteiger partial charge in [0.1, 0.15) is 12.1 Å². The molecule has 1 aromatic carbocycles. The van der Waals surface area contributed by atoms with E-state index in [0.717, 1.165) is 0 Å². The zero-order valence-electron chi connectivity index (χ0n) is 9.83. The maximum absolute atomic E-state index is 12.2. The summed E-state index contributed by atoms with van der Waals surface area (Å²) >= 11 is 0. The summed E-state index contributed by atoms with van der Waals surface area (Å²) in [4.78, 5) is 13.7. The van der Waals surface area contributed by atoms with Crippen LogP contribution in [0.4, 0.5) is 0 Å². The molecule has 18 heavy (non-hydrogen) atoms. The van der Waals surface area contributed by atoms with E-state index in [9.17, 15) is 9.90 Å². The zero-order chi connectivity index (χ0) is 12.9. The number of fused-ring (bicyclic) bond motifs is 4. The van der Waals surface area contributed by atoms with Crippen LogP contribution in [0, 0.1) is 17.2 Å². The van der Waals surface area contributed by atoms with Crippen molar-refractivity contribution in [3.63, 3.8) is 0 Å². The van der Waals surface area contributed by atoms with Gasteiger partial charge in [-0.1, -0.05) is 18.2 Å². The molecule has 92 valence electrons. The molecule has 3 rings (SSSR count). The first-order valence-corrected chi connectivity index (χ1v) is 5.74. The molecule has 5 nitrogen and oxygen atoms in total. The van der Waals surface area contributed by atoms with Gasteiger partial charge in [-0.05, 0) is 6.07 Å². The summed E-state index contributed by atoms with van der Waals surface area (Å²) in [6, 6.07) is 8.80. The van der Waals surface area contributed by atoms with Crippen LogP contribution in [0.2, 0.25) is 0 Å². The van der Waals surface area contributed by atoms with Crippen LogP contribution in [0.15, 0.2) is 24.3 Å². The van der Waals surface area contributed by atoms with Crippen molar-refractivity contribution in [2.24, 2.45) is 5.92 Å². The van der Waals surface area contributed by atoms with Crippen LogP contribution < -0.4 is 0 Å². The number of hydrogen-bond acceptors (Lipinski definition) is 4. The fourth-order valence-electron chi connectivity index (χ4n) is 2.63. The Kier molecular flexibility index (Phi) is 2.21. The predicted molar refractivity (Wildman–Crippen MR) is 61.0 cm³/mol. The number of carbonyl (C=O) groups excluding carboxylic acids is 1. The predicted octanol–water partition coefficient (Wildman–Crippen LogP) is 0.803. The van der Waals surface area contributed by atoms with Crippen molar-refractivity contribution in [1.29, 1.82) is 5.26 Å². The zero-order valence-corrected chi connectivity index (χ0v) is 9.83. The smallest absolute Gasteiger partial charge is 0.256 e. The number of ether oxygens (including phenoxy) is 1. The van der Waals surface area contributed by atoms with Crippen LogP contribution in [-0.4, -0.2) is 29.2 Å². The molecule has 2 aliphatic heterocycles. The quantitative estimate of drug-likeness (QED) is 0.732. The lowest BCUT2D eigenvalue weighted by atomic mass is 9.87. The molecule has 2 bridgehead atoms. The third-order valence-electron chi connectivity index (χ3n) is 3.68. The van der Waals surface area contributed by atoms with Gasteiger partial charge < -0.3 is 14.7 Å². The molecule has 2 aliphatic rings. The average molecular weight is 244 g/mol. The molecule has 1 aromatic rings. The number of amides is 1. The molecule has 0 aliphatic carbocycles. The number of benzene rings is 1. The van der Waals surface area contributed by atoms with E-state index in [1.807, 2.05) is 0 Å². The molecule has 1 unspecified atom stereocenters. The van der Waals surface area contributed by atoms with Gasteiger partial charge in [-0.25, -0.2) is 0 Å². The van der Waals surface area contributed by atoms with E-state index in [1.165, 1.54) is 4.90 Å². The number of nitrogens with zero attached hydrogens (tertiary/aromatic N) is 2. The van der Waals surface area contributed by atoms with Gasteiger partial charge in [0.15, 0.2) is 0 Å². The molecule has 3 atom stereocenters. The highest BCUT2D eigenvalue weighted by atomic mass is 16.6. The largest absolute Gasteiger partial charge is 0.361 e. The van der Waals surface area contributed by atoms with Gasteiger partial charge in [-0.3, -0.25) is 4.79 Å². The molecule has 0 spiro atoms. The van der Waals surface area contributed by atoms with E-state index in [2.05, 4.69) is 6.07 Å². The Morgan fingerprint density at radius 3 is 3.00 bits per heavy atom. The Labute approximate surface area is 104 Å². The van der Waals surface area contributed by atoms with Gasteiger partial charge >= 0.3 is 0 Å². The summed E-state index contributed by atoms with van der Waals surface area (Å²) in [5.41, 5.74) is 0.776. The third-order valence-corrected chi connectivity index (χ3v) is 3.68. The van der Waals surface area contributed by atoms with Crippen LogP contribution in [-0.2, 0) is 10.5 Å². The molecule has 1 N–H and O–H groups in total. The SMILES string of the molecule is CN1C(=O)c2ccccc2[C@]2(O)O[C@H]1CC2C#N. The molecule has 2 heterocycles. The number of hydrogen-bond donors (Lipinski definition) is 1. The molecular weight excluding hydrogens is 232 g/mol. The summed E-state index contributed by atoms with van der Waals surface area (Å²) in [5.74, 6) is -2.54. The normalized spacial score (nSPS) is 33.8. The standard InChI is InChI=1S/C13H12N2O3/c1-15-11-6-8(7-14)13(17,18-11)10-5-3-2-4-9(10)12(15)16/h2-5,8,11,17H,6H2,1H3/t8?,11-,13+/m0/s1. The summed E-state index contributed by atoms with van der Waals surface area (Å²) in [7, 11) is 1.62. The summed E-state index contributed by atoms with van der Waals surface area (Å²) in [5, 5.41) is 19.8. The molecule has 0 radical (unpaired) electrons. The Morgan fingerprint density at radius 2 is 2.28 bits per heavy atom. The molecule has 0 aromatic heterocycles. The second kappa shape index (κ2) is 3.55. The first kappa shape index (κ1) is 11.2. The monoisotopic (exact) mass is 244 g/mol. The maximum Gasteiger partial charge on any atom is 0.256 e. The number of rotatable bonds is 0. The Hall–Kier alpha value is -1.90. The molecule has 1 fully saturated rings. The van der Waals surface area contributed by atoms with Crippen LogP contribution in [0.5, 0.6) is 0 Å². The second-order valence-electron chi connectivity index (χ2n) is 4.65. The molecule has 1 amide bonds. The van der Waals surface area contributed by atoms with Crippen molar-refractivity contribution in [1.82, 2.24) is 4.90 Å². The van der Waals surface area contributed by atoms with Gasteiger partial charge in [0, 0.05) is 24.6 Å². The first-order valence-electron chi connectivity index (χ1n) is 5.74. The minimum absolute atomic E-state index is 0.192. The second-order valence-corrected chi connectivity index (χ2v) is 4.65. The summed E-state index contributed by atoms with van der Waals surface area (Å²) in [6.07, 6.45) is -0.233. The molecular formula is C13H12N2O3. The van der Waals surface area contributed by atoms with Crippen LogP contribution in [0.1, 0.15) is 22.3 Å². The lowest BCUT2D eigenvalue weighted by Gasteiger charge is -2.25. The van der Waals surface area contributed by atoms with Crippen molar-refractivity contribution in [3.05, 3.63) is 35.4 Å². The molecule has 0 saturated carbocycles. The minimum atomic E-state index is -1.68. The average Bonchev–Trinajstić information content (AvgIpc) is 2.72. The first-order chi connectivity index (χ1) is 8.58. The maximum atomic E-state index is 12.2. The van der Waals surface area contributed by atoms with Crippen LogP contribution in [0.25, 0.3) is 0 Å². The minimum Gasteiger partial charge on any atom is -0.361 e. The summed E-state index contributed by atoms with van der Waals surface area (Å²) < 4.78 is 5.56. The van der Waals surface area contributed by atoms with Crippen molar-refractivity contribution >= 4 is 5.91 Å². The fraction of sp³-hybridized carbons (Fsp3) is 0.385. The third kappa shape index (κ3) is 1.24. The van der Waals surface area contributed by atoms with E-state index in [0.29, 0.717) is 17.5 Å². The van der Waals surface area contributed by atoms with E-state index in [4.69, 9.17) is 10.00 Å². The van der Waals surface area contributed by atoms with E-state index >= 15 is 0 Å². The molecule has 1 saturated heterocycles. The van der Waals surface area contributed by atoms with Crippen molar-refractivity contribution in [3.8, 4) is 6.07 Å². The van der Waals surface area contributed by atoms with E-state index < -0.39 is 17.9 Å². The topological polar surface area (TPSA) is 73.6 Å². The number of aliphatic hydroxyl groups is 1. The summed E-state index contributed by atoms with van der Waals surface area (Å²) in [6.45, 7) is 0. The van der Waals surface area contributed by atoms with Gasteiger partial charge in [0.05, 0.1) is 6.07 Å². The molecule has 5 heteroatoms. The lowest BCUT2D eigenvalue weighted by molar-refractivity contribution is -0.226. The van der Waals surface area contributed by atoms with Crippen molar-refractivity contribution < 1.29 is 14.6 Å². The Morgan fingerprint density at radius 1 is 1.56 bits per heavy atom. The number of nitriles is 1. The van der Waals surface area contributed by atoms with Crippen LogP contribution in [0.3, 0.4) is 0 Å². The Balaban J connectivity index is 2.26. The van der Waals surface area contributed by atoms with Gasteiger partial charge in [0.2, 0.25) is 5.79 Å². The highest BCUT2D eigenvalue weighted by Crippen LogP contribution is 2.46. The fourth-order valence-corrected chi connectivity index (χ4v) is 2.63. The van der Waals surface area contributed by atoms with E-state index in [-0.39, 0.29) is 5.91 Å². The van der Waals surface area contributed by atoms with Gasteiger partial charge in [-0.15, -0.1) is 0 Å². The van der Waals surface area contributed by atoms with E-state index in [1.54, 1.807) is 31.3 Å². The van der Waals surface area contributed by atoms with Crippen molar-refractivity contribution in [2.75, 3.05) is 7.05 Å². The lowest BCUT2D eigenvalue weighted by Crippen LogP contribution is -2.36. The van der Waals surface area contributed by atoms with Gasteiger partial charge in [-0.2, -0.15) is 5.26 Å². The highest BCUT2D eigenvalue weighted by Gasteiger charge is 2.54. The Bertz CT molecular complexity index is 566. The van der Waals surface area contributed by atoms with Crippen LogP contribution >= 0.6 is 0 Å².